The molecule has 0 heterocycles. The number of hydrogen-bond acceptors (Lipinski definition) is 3. The zero-order valence-electron chi connectivity index (χ0n) is 11.9. The second-order valence-electron chi connectivity index (χ2n) is 5.09. The Balaban J connectivity index is 2.83. The summed E-state index contributed by atoms with van der Waals surface area (Å²) in [5, 5.41) is 0. The highest BCUT2D eigenvalue weighted by atomic mass is 35.7. The van der Waals surface area contributed by atoms with Crippen LogP contribution in [-0.2, 0) is 9.05 Å². The molecular formula is C14H20ClFO3S. The second kappa shape index (κ2) is 6.76. The number of hydrogen-bond donors (Lipinski definition) is 0. The summed E-state index contributed by atoms with van der Waals surface area (Å²) < 4.78 is 41.7. The Morgan fingerprint density at radius 1 is 1.30 bits per heavy atom. The van der Waals surface area contributed by atoms with E-state index in [1.54, 1.807) is 19.1 Å². The normalized spacial score (nSPS) is 12.4. The number of aryl methyl sites for hydroxylation is 1. The lowest BCUT2D eigenvalue weighted by Crippen LogP contribution is -2.33. The summed E-state index contributed by atoms with van der Waals surface area (Å²) in [4.78, 5) is 0. The van der Waals surface area contributed by atoms with Crippen LogP contribution in [0.15, 0.2) is 18.2 Å². The maximum atomic E-state index is 13.4. The molecule has 0 saturated carbocycles. The van der Waals surface area contributed by atoms with Gasteiger partial charge in [-0.2, -0.15) is 0 Å². The van der Waals surface area contributed by atoms with Gasteiger partial charge in [0.15, 0.2) is 0 Å². The molecule has 1 aromatic carbocycles. The molecule has 0 aliphatic carbocycles. The van der Waals surface area contributed by atoms with Crippen molar-refractivity contribution in [2.24, 2.45) is 5.41 Å². The van der Waals surface area contributed by atoms with Gasteiger partial charge in [-0.1, -0.05) is 19.9 Å². The lowest BCUT2D eigenvalue weighted by atomic mass is 9.85. The second-order valence-corrected chi connectivity index (χ2v) is 7.87. The molecule has 114 valence electrons. The van der Waals surface area contributed by atoms with Crippen LogP contribution >= 0.6 is 10.7 Å². The Morgan fingerprint density at radius 3 is 2.35 bits per heavy atom. The van der Waals surface area contributed by atoms with Crippen LogP contribution in [0.25, 0.3) is 0 Å². The van der Waals surface area contributed by atoms with Crippen molar-refractivity contribution >= 4 is 19.7 Å². The third-order valence-electron chi connectivity index (χ3n) is 3.67. The van der Waals surface area contributed by atoms with Gasteiger partial charge in [-0.3, -0.25) is 0 Å². The summed E-state index contributed by atoms with van der Waals surface area (Å²) in [5.74, 6) is -0.0967. The van der Waals surface area contributed by atoms with E-state index in [0.29, 0.717) is 24.2 Å². The number of rotatable bonds is 7. The van der Waals surface area contributed by atoms with Crippen LogP contribution in [-0.4, -0.2) is 20.8 Å². The van der Waals surface area contributed by atoms with Gasteiger partial charge in [0.25, 0.3) is 0 Å². The van der Waals surface area contributed by atoms with E-state index in [9.17, 15) is 12.8 Å². The van der Waals surface area contributed by atoms with Gasteiger partial charge in [0.05, 0.1) is 12.4 Å². The molecule has 0 aliphatic rings. The summed E-state index contributed by atoms with van der Waals surface area (Å²) in [6, 6.07) is 4.60. The van der Waals surface area contributed by atoms with E-state index in [0.717, 1.165) is 0 Å². The average molecular weight is 323 g/mol. The molecule has 0 aliphatic heterocycles. The van der Waals surface area contributed by atoms with Crippen LogP contribution in [0, 0.1) is 18.2 Å². The van der Waals surface area contributed by atoms with Gasteiger partial charge in [0.2, 0.25) is 9.05 Å². The number of ether oxygens (including phenoxy) is 1. The highest BCUT2D eigenvalue weighted by molar-refractivity contribution is 8.13. The predicted octanol–water partition coefficient (Wildman–Crippen LogP) is 3.89. The van der Waals surface area contributed by atoms with Crippen molar-refractivity contribution in [1.29, 1.82) is 0 Å². The largest absolute Gasteiger partial charge is 0.493 e. The lowest BCUT2D eigenvalue weighted by Gasteiger charge is -2.30. The topological polar surface area (TPSA) is 43.4 Å². The minimum Gasteiger partial charge on any atom is -0.493 e. The molecule has 0 atom stereocenters. The molecule has 6 heteroatoms. The van der Waals surface area contributed by atoms with Gasteiger partial charge >= 0.3 is 0 Å². The van der Waals surface area contributed by atoms with Crippen molar-refractivity contribution in [2.45, 2.75) is 33.6 Å². The van der Waals surface area contributed by atoms with Crippen molar-refractivity contribution < 1.29 is 17.5 Å². The first-order valence-corrected chi connectivity index (χ1v) is 9.00. The highest BCUT2D eigenvalue weighted by Crippen LogP contribution is 2.31. The monoisotopic (exact) mass is 322 g/mol. The Labute approximate surface area is 124 Å². The molecule has 0 radical (unpaired) electrons. The van der Waals surface area contributed by atoms with Crippen LogP contribution in [0.3, 0.4) is 0 Å². The third kappa shape index (κ3) is 4.94. The number of benzene rings is 1. The van der Waals surface area contributed by atoms with E-state index < -0.39 is 14.5 Å². The van der Waals surface area contributed by atoms with Crippen LogP contribution in [0.1, 0.15) is 32.3 Å². The van der Waals surface area contributed by atoms with E-state index in [-0.39, 0.29) is 18.2 Å². The fraction of sp³-hybridized carbons (Fsp3) is 0.571. The summed E-state index contributed by atoms with van der Waals surface area (Å²) >= 11 is 0. The van der Waals surface area contributed by atoms with E-state index in [1.165, 1.54) is 6.07 Å². The molecule has 0 fully saturated rings. The van der Waals surface area contributed by atoms with Gasteiger partial charge in [0, 0.05) is 22.2 Å². The standard InChI is InChI=1S/C14H20ClFO3S/c1-4-14(5-2,10-20(15,17)18)9-19-12-7-6-11(3)13(16)8-12/h6-8H,4-5,9-10H2,1-3H3. The Hall–Kier alpha value is -0.810. The minimum atomic E-state index is -3.61. The van der Waals surface area contributed by atoms with Gasteiger partial charge < -0.3 is 4.74 Å². The number of halogens is 2. The summed E-state index contributed by atoms with van der Waals surface area (Å²) in [6.07, 6.45) is 1.23. The average Bonchev–Trinajstić information content (AvgIpc) is 2.37. The third-order valence-corrected chi connectivity index (χ3v) is 4.95. The predicted molar refractivity (Wildman–Crippen MR) is 79.3 cm³/mol. The maximum Gasteiger partial charge on any atom is 0.233 e. The van der Waals surface area contributed by atoms with Crippen molar-refractivity contribution in [2.75, 3.05) is 12.4 Å². The quantitative estimate of drug-likeness (QED) is 0.715. The Bertz CT molecular complexity index is 554. The molecule has 3 nitrogen and oxygen atoms in total. The molecule has 1 rings (SSSR count). The SMILES string of the molecule is CCC(CC)(COc1ccc(C)c(F)c1)CS(=O)(=O)Cl. The van der Waals surface area contributed by atoms with Crippen LogP contribution in [0.5, 0.6) is 5.75 Å². The molecule has 1 aromatic rings. The molecule has 0 unspecified atom stereocenters. The van der Waals surface area contributed by atoms with Gasteiger partial charge in [-0.05, 0) is 31.4 Å². The van der Waals surface area contributed by atoms with Crippen LogP contribution in [0.2, 0.25) is 0 Å². The molecule has 0 spiro atoms. The Kier molecular flexibility index (Phi) is 5.83. The zero-order chi connectivity index (χ0) is 15.4. The van der Waals surface area contributed by atoms with Crippen molar-refractivity contribution in [1.82, 2.24) is 0 Å². The molecule has 0 saturated heterocycles. The first-order valence-electron chi connectivity index (χ1n) is 6.52. The fourth-order valence-electron chi connectivity index (χ4n) is 1.97. The summed E-state index contributed by atoms with van der Waals surface area (Å²) in [5.41, 5.74) is -0.0139. The summed E-state index contributed by atoms with van der Waals surface area (Å²) in [7, 11) is 1.75. The smallest absolute Gasteiger partial charge is 0.233 e. The zero-order valence-corrected chi connectivity index (χ0v) is 13.5. The first-order chi connectivity index (χ1) is 9.21. The maximum absolute atomic E-state index is 13.4. The van der Waals surface area contributed by atoms with Gasteiger partial charge in [-0.15, -0.1) is 0 Å². The molecule has 20 heavy (non-hydrogen) atoms. The van der Waals surface area contributed by atoms with E-state index in [4.69, 9.17) is 15.4 Å². The fourth-order valence-corrected chi connectivity index (χ4v) is 3.88. The van der Waals surface area contributed by atoms with Crippen molar-refractivity contribution in [3.63, 3.8) is 0 Å². The first kappa shape index (κ1) is 17.2. The highest BCUT2D eigenvalue weighted by Gasteiger charge is 2.32. The van der Waals surface area contributed by atoms with Crippen molar-refractivity contribution in [3.05, 3.63) is 29.6 Å². The van der Waals surface area contributed by atoms with Gasteiger partial charge in [0.1, 0.15) is 11.6 Å². The van der Waals surface area contributed by atoms with E-state index in [1.807, 2.05) is 13.8 Å². The Morgan fingerprint density at radius 2 is 1.90 bits per heavy atom. The molecule has 0 N–H and O–H groups in total. The molecule has 0 aromatic heterocycles. The van der Waals surface area contributed by atoms with E-state index >= 15 is 0 Å². The van der Waals surface area contributed by atoms with Gasteiger partial charge in [-0.25, -0.2) is 12.8 Å². The minimum absolute atomic E-state index is 0.150. The molecule has 0 bridgehead atoms. The summed E-state index contributed by atoms with van der Waals surface area (Å²) in [6.45, 7) is 5.64. The van der Waals surface area contributed by atoms with Crippen molar-refractivity contribution in [3.8, 4) is 5.75 Å². The van der Waals surface area contributed by atoms with E-state index in [2.05, 4.69) is 0 Å². The van der Waals surface area contributed by atoms with Crippen LogP contribution in [0.4, 0.5) is 4.39 Å². The lowest BCUT2D eigenvalue weighted by molar-refractivity contribution is 0.154. The molecule has 0 amide bonds. The molecular weight excluding hydrogens is 303 g/mol. The van der Waals surface area contributed by atoms with Crippen LogP contribution < -0.4 is 4.74 Å².